The van der Waals surface area contributed by atoms with Gasteiger partial charge >= 0.3 is 0 Å². The van der Waals surface area contributed by atoms with E-state index in [0.717, 1.165) is 92.8 Å². The van der Waals surface area contributed by atoms with Crippen molar-refractivity contribution >= 4 is 0 Å². The van der Waals surface area contributed by atoms with Crippen LogP contribution >= 0.6 is 0 Å². The van der Waals surface area contributed by atoms with Crippen molar-refractivity contribution < 1.29 is 0 Å². The summed E-state index contributed by atoms with van der Waals surface area (Å²) in [5.41, 5.74) is 6.98. The van der Waals surface area contributed by atoms with E-state index < -0.39 is 0 Å². The van der Waals surface area contributed by atoms with Crippen molar-refractivity contribution in [3.05, 3.63) is 90.8 Å². The number of aromatic nitrogens is 3. The summed E-state index contributed by atoms with van der Waals surface area (Å²) in [5.74, 6) is 0. The van der Waals surface area contributed by atoms with E-state index in [1.807, 2.05) is 36.4 Å². The lowest BCUT2D eigenvalue weighted by atomic mass is 10.0. The van der Waals surface area contributed by atoms with Crippen molar-refractivity contribution in [3.63, 3.8) is 0 Å². The lowest BCUT2D eigenvalue weighted by molar-refractivity contribution is 0.263. The maximum absolute atomic E-state index is 4.89. The van der Waals surface area contributed by atoms with E-state index in [-0.39, 0.29) is 0 Å². The summed E-state index contributed by atoms with van der Waals surface area (Å²) in [6, 6.07) is 25.0. The molecule has 37 heavy (non-hydrogen) atoms. The third-order valence-electron chi connectivity index (χ3n) is 6.54. The van der Waals surface area contributed by atoms with Gasteiger partial charge in [0.25, 0.3) is 0 Å². The Morgan fingerprint density at radius 2 is 1.11 bits per heavy atom. The Hall–Kier alpha value is -3.49. The number of benzene rings is 1. The Morgan fingerprint density at radius 1 is 0.568 bits per heavy atom. The van der Waals surface area contributed by atoms with Crippen LogP contribution < -0.4 is 16.0 Å². The minimum absolute atomic E-state index is 0.845. The van der Waals surface area contributed by atoms with Gasteiger partial charge in [0.05, 0.1) is 22.8 Å². The van der Waals surface area contributed by atoms with E-state index in [4.69, 9.17) is 4.98 Å². The molecule has 190 valence electrons. The SMILES string of the molecule is c1ccc(-c2cc(-c3ccc(CN4CCNCCNCCNCC4)cc3)cc(-c3ccccn3)n2)nc1. The summed E-state index contributed by atoms with van der Waals surface area (Å²) in [5, 5.41) is 10.5. The second-order valence-electron chi connectivity index (χ2n) is 9.28. The van der Waals surface area contributed by atoms with E-state index in [2.05, 4.69) is 67.2 Å². The maximum Gasteiger partial charge on any atom is 0.0900 e. The molecule has 0 bridgehead atoms. The molecule has 7 nitrogen and oxygen atoms in total. The number of rotatable bonds is 5. The number of nitrogens with one attached hydrogen (secondary N) is 3. The molecule has 1 aromatic carbocycles. The van der Waals surface area contributed by atoms with E-state index in [1.54, 1.807) is 12.4 Å². The topological polar surface area (TPSA) is 78.0 Å². The highest BCUT2D eigenvalue weighted by Gasteiger charge is 2.11. The average molecular weight is 494 g/mol. The molecule has 1 aliphatic rings. The van der Waals surface area contributed by atoms with E-state index in [0.29, 0.717) is 0 Å². The zero-order valence-corrected chi connectivity index (χ0v) is 21.2. The third-order valence-corrected chi connectivity index (χ3v) is 6.54. The molecule has 0 spiro atoms. The number of pyridine rings is 3. The van der Waals surface area contributed by atoms with Gasteiger partial charge in [0.2, 0.25) is 0 Å². The second-order valence-corrected chi connectivity index (χ2v) is 9.28. The highest BCUT2D eigenvalue weighted by molar-refractivity contribution is 5.74. The van der Waals surface area contributed by atoms with Crippen LogP contribution in [0.15, 0.2) is 85.2 Å². The standard InChI is InChI=1S/C30H35N7/c1-3-11-34-27(5-1)29-21-26(22-30(36-29)28-6-2-4-12-35-28)25-9-7-24(8-10-25)23-37-19-17-32-15-13-31-14-16-33-18-20-37/h1-12,21-22,31-33H,13-20,23H2. The second kappa shape index (κ2) is 13.2. The molecule has 3 aromatic heterocycles. The van der Waals surface area contributed by atoms with Crippen LogP contribution in [0.2, 0.25) is 0 Å². The Labute approximate surface area is 219 Å². The molecule has 0 atom stereocenters. The Kier molecular flexibility index (Phi) is 8.96. The first-order chi connectivity index (χ1) is 18.3. The van der Waals surface area contributed by atoms with Gasteiger partial charge < -0.3 is 16.0 Å². The molecule has 0 unspecified atom stereocenters. The monoisotopic (exact) mass is 493 g/mol. The van der Waals surface area contributed by atoms with Crippen LogP contribution in [0.5, 0.6) is 0 Å². The van der Waals surface area contributed by atoms with Gasteiger partial charge in [-0.25, -0.2) is 4.98 Å². The first kappa shape index (κ1) is 25.2. The van der Waals surface area contributed by atoms with Gasteiger partial charge in [-0.1, -0.05) is 36.4 Å². The molecule has 7 heteroatoms. The van der Waals surface area contributed by atoms with Crippen molar-refractivity contribution in [2.45, 2.75) is 6.54 Å². The minimum atomic E-state index is 0.845. The molecular weight excluding hydrogens is 458 g/mol. The number of hydrogen-bond donors (Lipinski definition) is 3. The van der Waals surface area contributed by atoms with E-state index >= 15 is 0 Å². The van der Waals surface area contributed by atoms with Gasteiger partial charge in [-0.3, -0.25) is 14.9 Å². The van der Waals surface area contributed by atoms with Crippen LogP contribution in [0.25, 0.3) is 33.9 Å². The van der Waals surface area contributed by atoms with Gasteiger partial charge in [0.15, 0.2) is 0 Å². The molecule has 3 N–H and O–H groups in total. The van der Waals surface area contributed by atoms with Crippen LogP contribution in [-0.4, -0.2) is 72.2 Å². The number of nitrogens with zero attached hydrogens (tertiary/aromatic N) is 4. The quantitative estimate of drug-likeness (QED) is 0.393. The Balaban J connectivity index is 1.36. The average Bonchev–Trinajstić information content (AvgIpc) is 2.95. The molecule has 0 aliphatic carbocycles. The number of hydrogen-bond acceptors (Lipinski definition) is 7. The fourth-order valence-electron chi connectivity index (χ4n) is 4.52. The van der Waals surface area contributed by atoms with Crippen LogP contribution in [0.4, 0.5) is 0 Å². The summed E-state index contributed by atoms with van der Waals surface area (Å²) in [4.78, 5) is 16.5. The summed E-state index contributed by atoms with van der Waals surface area (Å²) < 4.78 is 0. The van der Waals surface area contributed by atoms with Gasteiger partial charge in [0, 0.05) is 71.3 Å². The molecule has 0 radical (unpaired) electrons. The summed E-state index contributed by atoms with van der Waals surface area (Å²) in [6.07, 6.45) is 3.61. The van der Waals surface area contributed by atoms with Crippen molar-refractivity contribution in [1.82, 2.24) is 35.8 Å². The molecular formula is C30H35N7. The Morgan fingerprint density at radius 3 is 1.62 bits per heavy atom. The summed E-state index contributed by atoms with van der Waals surface area (Å²) in [6.45, 7) is 9.07. The summed E-state index contributed by atoms with van der Waals surface area (Å²) >= 11 is 0. The van der Waals surface area contributed by atoms with Gasteiger partial charge in [-0.15, -0.1) is 0 Å². The van der Waals surface area contributed by atoms with E-state index in [1.165, 1.54) is 5.56 Å². The molecule has 1 fully saturated rings. The fourth-order valence-corrected chi connectivity index (χ4v) is 4.52. The van der Waals surface area contributed by atoms with Crippen molar-refractivity contribution in [2.24, 2.45) is 0 Å². The summed E-state index contributed by atoms with van der Waals surface area (Å²) in [7, 11) is 0. The normalized spacial score (nSPS) is 16.0. The van der Waals surface area contributed by atoms with Crippen molar-refractivity contribution in [1.29, 1.82) is 0 Å². The minimum Gasteiger partial charge on any atom is -0.314 e. The first-order valence-corrected chi connectivity index (χ1v) is 13.1. The van der Waals surface area contributed by atoms with Crippen LogP contribution in [0.1, 0.15) is 5.56 Å². The largest absolute Gasteiger partial charge is 0.314 e. The Bertz CT molecular complexity index is 1160. The molecule has 1 aliphatic heterocycles. The lowest BCUT2D eigenvalue weighted by Crippen LogP contribution is -2.41. The molecule has 1 saturated heterocycles. The van der Waals surface area contributed by atoms with Crippen LogP contribution in [0, 0.1) is 0 Å². The van der Waals surface area contributed by atoms with Crippen LogP contribution in [0.3, 0.4) is 0 Å². The van der Waals surface area contributed by atoms with Crippen molar-refractivity contribution in [2.75, 3.05) is 52.4 Å². The molecule has 4 heterocycles. The predicted molar refractivity (Wildman–Crippen MR) is 150 cm³/mol. The van der Waals surface area contributed by atoms with Gasteiger partial charge in [-0.2, -0.15) is 0 Å². The molecule has 5 rings (SSSR count). The maximum atomic E-state index is 4.89. The van der Waals surface area contributed by atoms with Crippen LogP contribution in [-0.2, 0) is 6.54 Å². The zero-order chi connectivity index (χ0) is 25.1. The first-order valence-electron chi connectivity index (χ1n) is 13.1. The molecule has 4 aromatic rings. The molecule has 0 amide bonds. The predicted octanol–water partition coefficient (Wildman–Crippen LogP) is 3.46. The zero-order valence-electron chi connectivity index (χ0n) is 21.2. The van der Waals surface area contributed by atoms with E-state index in [9.17, 15) is 0 Å². The lowest BCUT2D eigenvalue weighted by Gasteiger charge is -2.24. The smallest absolute Gasteiger partial charge is 0.0900 e. The van der Waals surface area contributed by atoms with Crippen molar-refractivity contribution in [3.8, 4) is 33.9 Å². The van der Waals surface area contributed by atoms with Gasteiger partial charge in [-0.05, 0) is 53.1 Å². The third kappa shape index (κ3) is 7.27. The van der Waals surface area contributed by atoms with Gasteiger partial charge in [0.1, 0.15) is 0 Å². The molecule has 0 saturated carbocycles. The highest BCUT2D eigenvalue weighted by Crippen LogP contribution is 2.29. The fraction of sp³-hybridized carbons (Fsp3) is 0.300. The highest BCUT2D eigenvalue weighted by atomic mass is 15.2.